The molecule has 3 heterocycles. The van der Waals surface area contributed by atoms with Crippen LogP contribution in [0.4, 0.5) is 0 Å². The van der Waals surface area contributed by atoms with Crippen molar-refractivity contribution in [2.45, 2.75) is 69.4 Å². The van der Waals surface area contributed by atoms with Gasteiger partial charge >= 0.3 is 5.69 Å². The molecule has 0 radical (unpaired) electrons. The molecule has 0 aliphatic heterocycles. The fourth-order valence-electron chi connectivity index (χ4n) is 3.26. The van der Waals surface area contributed by atoms with Crippen LogP contribution in [0.25, 0.3) is 11.2 Å². The lowest BCUT2D eigenvalue weighted by Gasteiger charge is -2.21. The number of allylic oxidation sites excluding steroid dienone is 2. The second-order valence-corrected chi connectivity index (χ2v) is 11.8. The van der Waals surface area contributed by atoms with Crippen LogP contribution in [0.2, 0.25) is 0 Å². The van der Waals surface area contributed by atoms with Crippen LogP contribution in [0.1, 0.15) is 56.5 Å². The first kappa shape index (κ1) is 22.9. The summed E-state index contributed by atoms with van der Waals surface area (Å²) in [5.41, 5.74) is 7.09. The lowest BCUT2D eigenvalue weighted by atomic mass is 10.2. The molecule has 32 heavy (non-hydrogen) atoms. The molecule has 0 bridgehead atoms. The molecule has 0 atom stereocenters. The standard InChI is InChI=1S/C21H29N7O2S2/c1-12(2)8-9-27-15-16(23-19(27)32-21(3,4)11-22)26(5)20(30)28(18(15)29)10-14-24-25-17(31-14)13-6-7-13/h8,13H,6-7,9-11,22H2,1-5H3. The number of thioether (sulfide) groups is 1. The lowest BCUT2D eigenvalue weighted by Crippen LogP contribution is -2.40. The Kier molecular flexibility index (Phi) is 6.17. The second-order valence-electron chi connectivity index (χ2n) is 9.07. The third kappa shape index (κ3) is 4.46. The molecule has 9 nitrogen and oxygen atoms in total. The second kappa shape index (κ2) is 8.60. The van der Waals surface area contributed by atoms with Crippen molar-refractivity contribution >= 4 is 34.3 Å². The van der Waals surface area contributed by atoms with Gasteiger partial charge in [-0.25, -0.2) is 9.78 Å². The van der Waals surface area contributed by atoms with Crippen LogP contribution in [0.5, 0.6) is 0 Å². The van der Waals surface area contributed by atoms with Crippen LogP contribution in [0.15, 0.2) is 26.4 Å². The summed E-state index contributed by atoms with van der Waals surface area (Å²) in [5.74, 6) is 0.485. The number of nitrogens with zero attached hydrogens (tertiary/aromatic N) is 6. The van der Waals surface area contributed by atoms with Gasteiger partial charge in [0.2, 0.25) is 0 Å². The van der Waals surface area contributed by atoms with Crippen molar-refractivity contribution in [1.29, 1.82) is 0 Å². The van der Waals surface area contributed by atoms with Crippen molar-refractivity contribution in [2.75, 3.05) is 6.54 Å². The highest BCUT2D eigenvalue weighted by molar-refractivity contribution is 8.00. The van der Waals surface area contributed by atoms with E-state index in [-0.39, 0.29) is 16.9 Å². The topological polar surface area (TPSA) is 114 Å². The van der Waals surface area contributed by atoms with E-state index in [0.717, 1.165) is 23.4 Å². The fraction of sp³-hybridized carbons (Fsp3) is 0.571. The minimum atomic E-state index is -0.410. The van der Waals surface area contributed by atoms with E-state index >= 15 is 0 Å². The van der Waals surface area contributed by atoms with E-state index in [1.807, 2.05) is 38.3 Å². The molecule has 3 aromatic heterocycles. The maximum absolute atomic E-state index is 13.6. The van der Waals surface area contributed by atoms with Gasteiger partial charge in [-0.2, -0.15) is 0 Å². The zero-order valence-electron chi connectivity index (χ0n) is 19.1. The van der Waals surface area contributed by atoms with Gasteiger partial charge in [-0.05, 0) is 40.5 Å². The summed E-state index contributed by atoms with van der Waals surface area (Å²) in [7, 11) is 1.65. The Balaban J connectivity index is 1.87. The van der Waals surface area contributed by atoms with E-state index in [1.165, 1.54) is 32.2 Å². The molecule has 1 aliphatic rings. The van der Waals surface area contributed by atoms with Gasteiger partial charge in [-0.3, -0.25) is 13.9 Å². The van der Waals surface area contributed by atoms with Crippen molar-refractivity contribution in [3.8, 4) is 0 Å². The highest BCUT2D eigenvalue weighted by atomic mass is 32.2. The number of hydrogen-bond acceptors (Lipinski definition) is 8. The first-order chi connectivity index (χ1) is 15.1. The predicted octanol–water partition coefficient (Wildman–Crippen LogP) is 2.47. The molecule has 2 N–H and O–H groups in total. The van der Waals surface area contributed by atoms with Gasteiger partial charge in [0, 0.05) is 30.8 Å². The maximum atomic E-state index is 13.6. The van der Waals surface area contributed by atoms with E-state index in [4.69, 9.17) is 10.7 Å². The molecule has 0 saturated heterocycles. The first-order valence-electron chi connectivity index (χ1n) is 10.7. The van der Waals surface area contributed by atoms with Gasteiger partial charge in [0.1, 0.15) is 10.0 Å². The molecule has 1 aliphatic carbocycles. The molecule has 3 aromatic rings. The van der Waals surface area contributed by atoms with Crippen molar-refractivity contribution in [1.82, 2.24) is 28.9 Å². The molecule has 1 saturated carbocycles. The van der Waals surface area contributed by atoms with Gasteiger partial charge < -0.3 is 10.3 Å². The molecule has 0 spiro atoms. The van der Waals surface area contributed by atoms with Crippen molar-refractivity contribution in [2.24, 2.45) is 12.8 Å². The van der Waals surface area contributed by atoms with E-state index < -0.39 is 5.69 Å². The van der Waals surface area contributed by atoms with Crippen LogP contribution in [-0.4, -0.2) is 40.2 Å². The minimum Gasteiger partial charge on any atom is -0.329 e. The molecule has 0 amide bonds. The molecular formula is C21H29N7O2S2. The predicted molar refractivity (Wildman–Crippen MR) is 129 cm³/mol. The number of imidazole rings is 1. The molecular weight excluding hydrogens is 446 g/mol. The smallest absolute Gasteiger partial charge is 0.329 e. The van der Waals surface area contributed by atoms with Gasteiger partial charge in [0.15, 0.2) is 16.3 Å². The lowest BCUT2D eigenvalue weighted by molar-refractivity contribution is 0.646. The zero-order valence-corrected chi connectivity index (χ0v) is 20.7. The average molecular weight is 476 g/mol. The molecule has 0 unspecified atom stereocenters. The first-order valence-corrected chi connectivity index (χ1v) is 12.3. The Morgan fingerprint density at radius 1 is 1.25 bits per heavy atom. The Bertz CT molecular complexity index is 1300. The monoisotopic (exact) mass is 475 g/mol. The summed E-state index contributed by atoms with van der Waals surface area (Å²) < 4.78 is 4.30. The van der Waals surface area contributed by atoms with Gasteiger partial charge in [-0.1, -0.05) is 34.7 Å². The van der Waals surface area contributed by atoms with Crippen molar-refractivity contribution in [3.63, 3.8) is 0 Å². The molecule has 11 heteroatoms. The summed E-state index contributed by atoms with van der Waals surface area (Å²) in [6.45, 7) is 9.13. The average Bonchev–Trinajstić information content (AvgIpc) is 3.38. The number of rotatable bonds is 8. The van der Waals surface area contributed by atoms with E-state index in [1.54, 1.807) is 7.05 Å². The van der Waals surface area contributed by atoms with Crippen LogP contribution < -0.4 is 17.0 Å². The molecule has 1 fully saturated rings. The summed E-state index contributed by atoms with van der Waals surface area (Å²) in [6, 6.07) is 0. The third-order valence-corrected chi connectivity index (χ3v) is 7.73. The van der Waals surface area contributed by atoms with Crippen LogP contribution in [0.3, 0.4) is 0 Å². The number of nitrogens with two attached hydrogens (primary N) is 1. The highest BCUT2D eigenvalue weighted by Crippen LogP contribution is 2.41. The summed E-state index contributed by atoms with van der Waals surface area (Å²) in [4.78, 5) is 31.3. The third-order valence-electron chi connectivity index (χ3n) is 5.44. The van der Waals surface area contributed by atoms with E-state index in [0.29, 0.717) is 40.3 Å². The zero-order chi connectivity index (χ0) is 23.2. The minimum absolute atomic E-state index is 0.108. The fourth-order valence-corrected chi connectivity index (χ4v) is 5.25. The summed E-state index contributed by atoms with van der Waals surface area (Å²) in [5, 5.41) is 10.8. The quantitative estimate of drug-likeness (QED) is 0.393. The van der Waals surface area contributed by atoms with Gasteiger partial charge in [-0.15, -0.1) is 10.2 Å². The summed E-state index contributed by atoms with van der Waals surface area (Å²) >= 11 is 2.99. The van der Waals surface area contributed by atoms with E-state index in [9.17, 15) is 9.59 Å². The molecule has 4 rings (SSSR count). The molecule has 172 valence electrons. The van der Waals surface area contributed by atoms with E-state index in [2.05, 4.69) is 10.2 Å². The van der Waals surface area contributed by atoms with Crippen molar-refractivity contribution in [3.05, 3.63) is 42.5 Å². The number of aromatic nitrogens is 6. The number of hydrogen-bond donors (Lipinski definition) is 1. The number of aryl methyl sites for hydroxylation is 1. The highest BCUT2D eigenvalue weighted by Gasteiger charge is 2.28. The van der Waals surface area contributed by atoms with Crippen LogP contribution >= 0.6 is 23.1 Å². The Morgan fingerprint density at radius 3 is 2.59 bits per heavy atom. The Labute approximate surface area is 194 Å². The van der Waals surface area contributed by atoms with Crippen LogP contribution in [-0.2, 0) is 20.1 Å². The van der Waals surface area contributed by atoms with Crippen molar-refractivity contribution < 1.29 is 0 Å². The van der Waals surface area contributed by atoms with Crippen LogP contribution in [0, 0.1) is 0 Å². The van der Waals surface area contributed by atoms with Gasteiger partial charge in [0.25, 0.3) is 5.56 Å². The Hall–Kier alpha value is -2.24. The number of fused-ring (bicyclic) bond motifs is 1. The van der Waals surface area contributed by atoms with Gasteiger partial charge in [0.05, 0.1) is 6.54 Å². The molecule has 0 aromatic carbocycles. The SMILES string of the molecule is CC(C)=CCn1c(SC(C)(C)CN)nc2c1c(=O)n(Cc1nnc(C3CC3)s1)c(=O)n2C. The Morgan fingerprint density at radius 2 is 1.97 bits per heavy atom. The largest absolute Gasteiger partial charge is 0.332 e. The summed E-state index contributed by atoms with van der Waals surface area (Å²) in [6.07, 6.45) is 4.30. The maximum Gasteiger partial charge on any atom is 0.332 e. The normalized spacial score (nSPS) is 14.3.